The van der Waals surface area contributed by atoms with Gasteiger partial charge in [0, 0.05) is 0 Å². The topological polar surface area (TPSA) is 52.5 Å². The van der Waals surface area contributed by atoms with Gasteiger partial charge in [0.05, 0.1) is 16.6 Å². The molecule has 2 rings (SSSR count). The van der Waals surface area contributed by atoms with E-state index in [2.05, 4.69) is 16.0 Å². The third-order valence-corrected chi connectivity index (χ3v) is 2.10. The first kappa shape index (κ1) is 7.81. The Bertz CT molecular complexity index is 503. The lowest BCUT2D eigenvalue weighted by Gasteiger charge is -1.96. The SMILES string of the molecule is Cc1nc2ccc(C)c(C#N)c2[nH]1. The van der Waals surface area contributed by atoms with Crippen molar-refractivity contribution < 1.29 is 0 Å². The van der Waals surface area contributed by atoms with Crippen molar-refractivity contribution in [2.45, 2.75) is 13.8 Å². The molecule has 0 amide bonds. The van der Waals surface area contributed by atoms with E-state index in [4.69, 9.17) is 5.26 Å². The molecule has 0 aliphatic rings. The van der Waals surface area contributed by atoms with Gasteiger partial charge in [0.2, 0.25) is 0 Å². The minimum absolute atomic E-state index is 0.693. The van der Waals surface area contributed by atoms with Crippen LogP contribution in [0.3, 0.4) is 0 Å². The number of aromatic amines is 1. The van der Waals surface area contributed by atoms with Crippen molar-refractivity contribution in [2.24, 2.45) is 0 Å². The molecule has 0 saturated heterocycles. The van der Waals surface area contributed by atoms with Crippen molar-refractivity contribution in [1.82, 2.24) is 9.97 Å². The smallest absolute Gasteiger partial charge is 0.104 e. The van der Waals surface area contributed by atoms with Gasteiger partial charge >= 0.3 is 0 Å². The summed E-state index contributed by atoms with van der Waals surface area (Å²) in [6.45, 7) is 3.81. The molecule has 3 nitrogen and oxygen atoms in total. The Kier molecular flexibility index (Phi) is 1.56. The zero-order valence-electron chi connectivity index (χ0n) is 7.55. The van der Waals surface area contributed by atoms with Crippen molar-refractivity contribution in [1.29, 1.82) is 5.26 Å². The zero-order valence-corrected chi connectivity index (χ0v) is 7.55. The number of aromatic nitrogens is 2. The molecule has 0 spiro atoms. The second kappa shape index (κ2) is 2.60. The molecule has 0 radical (unpaired) electrons. The van der Waals surface area contributed by atoms with Crippen molar-refractivity contribution in [2.75, 3.05) is 0 Å². The van der Waals surface area contributed by atoms with Crippen molar-refractivity contribution in [3.63, 3.8) is 0 Å². The molecule has 0 bridgehead atoms. The van der Waals surface area contributed by atoms with Crippen LogP contribution in [0.4, 0.5) is 0 Å². The maximum absolute atomic E-state index is 8.93. The molecular weight excluding hydrogens is 162 g/mol. The first-order valence-corrected chi connectivity index (χ1v) is 4.08. The summed E-state index contributed by atoms with van der Waals surface area (Å²) >= 11 is 0. The van der Waals surface area contributed by atoms with Crippen LogP contribution in [-0.2, 0) is 0 Å². The largest absolute Gasteiger partial charge is 0.341 e. The number of nitrogens with zero attached hydrogens (tertiary/aromatic N) is 2. The summed E-state index contributed by atoms with van der Waals surface area (Å²) in [6.07, 6.45) is 0. The number of nitriles is 1. The lowest BCUT2D eigenvalue weighted by Crippen LogP contribution is -1.83. The number of H-pyrrole nitrogens is 1. The lowest BCUT2D eigenvalue weighted by atomic mass is 10.1. The molecule has 13 heavy (non-hydrogen) atoms. The van der Waals surface area contributed by atoms with Crippen LogP contribution >= 0.6 is 0 Å². The number of rotatable bonds is 0. The number of hydrogen-bond donors (Lipinski definition) is 1. The van der Waals surface area contributed by atoms with E-state index >= 15 is 0 Å². The number of imidazole rings is 1. The van der Waals surface area contributed by atoms with Gasteiger partial charge < -0.3 is 4.98 Å². The fourth-order valence-electron chi connectivity index (χ4n) is 1.45. The summed E-state index contributed by atoms with van der Waals surface area (Å²) in [4.78, 5) is 7.34. The Hall–Kier alpha value is -1.82. The fourth-order valence-corrected chi connectivity index (χ4v) is 1.45. The highest BCUT2D eigenvalue weighted by atomic mass is 14.9. The van der Waals surface area contributed by atoms with Crippen LogP contribution in [0, 0.1) is 25.2 Å². The van der Waals surface area contributed by atoms with Crippen LogP contribution in [0.2, 0.25) is 0 Å². The minimum atomic E-state index is 0.693. The highest BCUT2D eigenvalue weighted by molar-refractivity contribution is 5.82. The third-order valence-electron chi connectivity index (χ3n) is 2.10. The molecule has 64 valence electrons. The van der Waals surface area contributed by atoms with Gasteiger partial charge in [0.1, 0.15) is 11.9 Å². The van der Waals surface area contributed by atoms with Crippen LogP contribution in [0.25, 0.3) is 11.0 Å². The molecule has 0 atom stereocenters. The fraction of sp³-hybridized carbons (Fsp3) is 0.200. The number of fused-ring (bicyclic) bond motifs is 1. The average molecular weight is 171 g/mol. The lowest BCUT2D eigenvalue weighted by molar-refractivity contribution is 1.17. The highest BCUT2D eigenvalue weighted by Crippen LogP contribution is 2.18. The highest BCUT2D eigenvalue weighted by Gasteiger charge is 2.06. The second-order valence-corrected chi connectivity index (χ2v) is 3.09. The summed E-state index contributed by atoms with van der Waals surface area (Å²) in [6, 6.07) is 6.02. The van der Waals surface area contributed by atoms with Crippen LogP contribution in [0.1, 0.15) is 17.0 Å². The maximum atomic E-state index is 8.93. The Balaban J connectivity index is 2.93. The molecule has 0 fully saturated rings. The van der Waals surface area contributed by atoms with E-state index in [-0.39, 0.29) is 0 Å². The molecule has 0 unspecified atom stereocenters. The molecule has 1 heterocycles. The molecule has 0 aliphatic heterocycles. The average Bonchev–Trinajstić information content (AvgIpc) is 2.45. The van der Waals surface area contributed by atoms with E-state index in [1.165, 1.54) is 0 Å². The van der Waals surface area contributed by atoms with Gasteiger partial charge in [-0.15, -0.1) is 0 Å². The quantitative estimate of drug-likeness (QED) is 0.659. The normalized spacial score (nSPS) is 10.2. The van der Waals surface area contributed by atoms with E-state index in [1.807, 2.05) is 26.0 Å². The predicted octanol–water partition coefficient (Wildman–Crippen LogP) is 2.05. The summed E-state index contributed by atoms with van der Waals surface area (Å²) in [5.74, 6) is 0.845. The Morgan fingerprint density at radius 2 is 2.15 bits per heavy atom. The van der Waals surface area contributed by atoms with E-state index in [1.54, 1.807) is 0 Å². The minimum Gasteiger partial charge on any atom is -0.341 e. The van der Waals surface area contributed by atoms with Gasteiger partial charge in [0.15, 0.2) is 0 Å². The third kappa shape index (κ3) is 1.07. The number of benzene rings is 1. The molecule has 0 saturated carbocycles. The molecule has 3 heteroatoms. The van der Waals surface area contributed by atoms with Gasteiger partial charge in [-0.05, 0) is 25.5 Å². The van der Waals surface area contributed by atoms with Gasteiger partial charge in [-0.25, -0.2) is 4.98 Å². The number of aryl methyl sites for hydroxylation is 2. The number of hydrogen-bond acceptors (Lipinski definition) is 2. The van der Waals surface area contributed by atoms with Crippen molar-refractivity contribution in [3.05, 3.63) is 29.1 Å². The van der Waals surface area contributed by atoms with Crippen LogP contribution in [0.15, 0.2) is 12.1 Å². The van der Waals surface area contributed by atoms with Crippen LogP contribution in [-0.4, -0.2) is 9.97 Å². The first-order valence-electron chi connectivity index (χ1n) is 4.08. The molecule has 1 aromatic heterocycles. The molecule has 1 N–H and O–H groups in total. The van der Waals surface area contributed by atoms with Crippen LogP contribution < -0.4 is 0 Å². The Morgan fingerprint density at radius 3 is 2.85 bits per heavy atom. The van der Waals surface area contributed by atoms with Gasteiger partial charge in [0.25, 0.3) is 0 Å². The summed E-state index contributed by atoms with van der Waals surface area (Å²) in [5.41, 5.74) is 3.39. The van der Waals surface area contributed by atoms with Gasteiger partial charge in [-0.1, -0.05) is 6.07 Å². The summed E-state index contributed by atoms with van der Waals surface area (Å²) in [5, 5.41) is 8.93. The predicted molar refractivity (Wildman–Crippen MR) is 50.3 cm³/mol. The Morgan fingerprint density at radius 1 is 1.38 bits per heavy atom. The molecule has 0 aliphatic carbocycles. The summed E-state index contributed by atoms with van der Waals surface area (Å²) < 4.78 is 0. The van der Waals surface area contributed by atoms with E-state index in [0.717, 1.165) is 22.4 Å². The monoisotopic (exact) mass is 171 g/mol. The zero-order chi connectivity index (χ0) is 9.42. The van der Waals surface area contributed by atoms with Gasteiger partial charge in [-0.2, -0.15) is 5.26 Å². The molecule has 1 aromatic carbocycles. The van der Waals surface area contributed by atoms with Crippen LogP contribution in [0.5, 0.6) is 0 Å². The van der Waals surface area contributed by atoms with E-state index in [9.17, 15) is 0 Å². The molecular formula is C10H9N3. The second-order valence-electron chi connectivity index (χ2n) is 3.09. The Labute approximate surface area is 76.0 Å². The van der Waals surface area contributed by atoms with E-state index in [0.29, 0.717) is 5.56 Å². The maximum Gasteiger partial charge on any atom is 0.104 e. The number of nitrogens with one attached hydrogen (secondary N) is 1. The first-order chi connectivity index (χ1) is 6.22. The summed E-state index contributed by atoms with van der Waals surface area (Å²) in [7, 11) is 0. The standard InChI is InChI=1S/C10H9N3/c1-6-3-4-9-10(8(6)5-11)13-7(2)12-9/h3-4H,1-2H3,(H,12,13). The van der Waals surface area contributed by atoms with E-state index < -0.39 is 0 Å². The van der Waals surface area contributed by atoms with Crippen molar-refractivity contribution in [3.8, 4) is 6.07 Å². The van der Waals surface area contributed by atoms with Gasteiger partial charge in [-0.3, -0.25) is 0 Å². The van der Waals surface area contributed by atoms with Crippen molar-refractivity contribution >= 4 is 11.0 Å². The molecule has 2 aromatic rings.